The van der Waals surface area contributed by atoms with Gasteiger partial charge in [-0.1, -0.05) is 39.5 Å². The Kier molecular flexibility index (Phi) is 10.6. The van der Waals surface area contributed by atoms with Gasteiger partial charge >= 0.3 is 0 Å². The van der Waals surface area contributed by atoms with Crippen molar-refractivity contribution in [3.63, 3.8) is 0 Å². The largest absolute Gasteiger partial charge is 0.490 e. The van der Waals surface area contributed by atoms with Gasteiger partial charge in [0.15, 0.2) is 11.5 Å². The predicted molar refractivity (Wildman–Crippen MR) is 117 cm³/mol. The van der Waals surface area contributed by atoms with Crippen molar-refractivity contribution in [1.29, 1.82) is 0 Å². The highest BCUT2D eigenvalue weighted by Crippen LogP contribution is 2.29. The number of hydrogen-bond acceptors (Lipinski definition) is 4. The molecule has 0 radical (unpaired) electrons. The first-order chi connectivity index (χ1) is 14.2. The molecule has 0 unspecified atom stereocenters. The van der Waals surface area contributed by atoms with E-state index in [1.54, 1.807) is 24.5 Å². The molecule has 1 N–H and O–H groups in total. The van der Waals surface area contributed by atoms with Gasteiger partial charge in [-0.2, -0.15) is 0 Å². The molecular weight excluding hydrogens is 364 g/mol. The molecule has 0 aliphatic rings. The van der Waals surface area contributed by atoms with Gasteiger partial charge in [-0.15, -0.1) is 0 Å². The SMILES string of the molecule is CCCCCOc1ccc(C(=O)NCCc2ccncc2)cc1OCCCCC. The number of amides is 1. The molecule has 0 aliphatic carbocycles. The average molecular weight is 399 g/mol. The molecule has 0 atom stereocenters. The van der Waals surface area contributed by atoms with Gasteiger partial charge in [0, 0.05) is 24.5 Å². The third-order valence-electron chi connectivity index (χ3n) is 4.67. The van der Waals surface area contributed by atoms with Crippen molar-refractivity contribution in [3.8, 4) is 11.5 Å². The van der Waals surface area contributed by atoms with Gasteiger partial charge in [0.1, 0.15) is 0 Å². The van der Waals surface area contributed by atoms with E-state index in [0.29, 0.717) is 36.8 Å². The number of rotatable bonds is 14. The van der Waals surface area contributed by atoms with E-state index in [-0.39, 0.29) is 5.91 Å². The lowest BCUT2D eigenvalue weighted by Crippen LogP contribution is -2.25. The molecule has 0 saturated heterocycles. The predicted octanol–water partition coefficient (Wildman–Crippen LogP) is 5.19. The Bertz CT molecular complexity index is 719. The van der Waals surface area contributed by atoms with Crippen LogP contribution >= 0.6 is 0 Å². The van der Waals surface area contributed by atoms with Crippen LogP contribution in [0.1, 0.15) is 68.3 Å². The molecular formula is C24H34N2O3. The van der Waals surface area contributed by atoms with E-state index in [4.69, 9.17) is 9.47 Å². The summed E-state index contributed by atoms with van der Waals surface area (Å²) in [4.78, 5) is 16.6. The number of hydrogen-bond donors (Lipinski definition) is 1. The topological polar surface area (TPSA) is 60.5 Å². The minimum absolute atomic E-state index is 0.102. The highest BCUT2D eigenvalue weighted by atomic mass is 16.5. The van der Waals surface area contributed by atoms with E-state index in [9.17, 15) is 4.79 Å². The van der Waals surface area contributed by atoms with E-state index in [1.165, 1.54) is 0 Å². The lowest BCUT2D eigenvalue weighted by molar-refractivity contribution is 0.0953. The zero-order chi connectivity index (χ0) is 20.7. The Morgan fingerprint density at radius 1 is 0.897 bits per heavy atom. The van der Waals surface area contributed by atoms with Crippen LogP contribution in [0.15, 0.2) is 42.7 Å². The van der Waals surface area contributed by atoms with Crippen LogP contribution in [0.5, 0.6) is 11.5 Å². The summed E-state index contributed by atoms with van der Waals surface area (Å²) in [6.45, 7) is 6.21. The number of nitrogens with one attached hydrogen (secondary N) is 1. The van der Waals surface area contributed by atoms with Crippen molar-refractivity contribution >= 4 is 5.91 Å². The van der Waals surface area contributed by atoms with Gasteiger partial charge in [-0.3, -0.25) is 9.78 Å². The van der Waals surface area contributed by atoms with Gasteiger partial charge in [0.05, 0.1) is 13.2 Å². The third-order valence-corrected chi connectivity index (χ3v) is 4.67. The zero-order valence-corrected chi connectivity index (χ0v) is 17.8. The molecule has 0 aliphatic heterocycles. The lowest BCUT2D eigenvalue weighted by Gasteiger charge is -2.14. The molecule has 0 saturated carbocycles. The molecule has 2 aromatic rings. The van der Waals surface area contributed by atoms with Gasteiger partial charge in [0.25, 0.3) is 5.91 Å². The number of carbonyl (C=O) groups excluding carboxylic acids is 1. The molecule has 5 nitrogen and oxygen atoms in total. The number of nitrogens with zero attached hydrogens (tertiary/aromatic N) is 1. The van der Waals surface area contributed by atoms with E-state index in [1.807, 2.05) is 18.2 Å². The van der Waals surface area contributed by atoms with E-state index in [0.717, 1.165) is 50.5 Å². The molecule has 1 aromatic heterocycles. The molecule has 158 valence electrons. The fourth-order valence-electron chi connectivity index (χ4n) is 2.92. The number of unbranched alkanes of at least 4 members (excludes halogenated alkanes) is 4. The summed E-state index contributed by atoms with van der Waals surface area (Å²) in [6, 6.07) is 9.36. The smallest absolute Gasteiger partial charge is 0.251 e. The van der Waals surface area contributed by atoms with Crippen molar-refractivity contribution < 1.29 is 14.3 Å². The number of aromatic nitrogens is 1. The van der Waals surface area contributed by atoms with Gasteiger partial charge < -0.3 is 14.8 Å². The summed E-state index contributed by atoms with van der Waals surface area (Å²) in [6.07, 6.45) is 10.9. The first-order valence-corrected chi connectivity index (χ1v) is 10.8. The lowest BCUT2D eigenvalue weighted by atomic mass is 10.1. The maximum Gasteiger partial charge on any atom is 0.251 e. The monoisotopic (exact) mass is 398 g/mol. The molecule has 2 rings (SSSR count). The summed E-state index contributed by atoms with van der Waals surface area (Å²) < 4.78 is 11.9. The molecule has 5 heteroatoms. The Hall–Kier alpha value is -2.56. The summed E-state index contributed by atoms with van der Waals surface area (Å²) in [7, 11) is 0. The molecule has 0 fully saturated rings. The zero-order valence-electron chi connectivity index (χ0n) is 17.8. The summed E-state index contributed by atoms with van der Waals surface area (Å²) in [5.41, 5.74) is 1.74. The Morgan fingerprint density at radius 3 is 2.21 bits per heavy atom. The van der Waals surface area contributed by atoms with Crippen LogP contribution in [0, 0.1) is 0 Å². The second-order valence-corrected chi connectivity index (χ2v) is 7.13. The van der Waals surface area contributed by atoms with Crippen molar-refractivity contribution in [2.24, 2.45) is 0 Å². The van der Waals surface area contributed by atoms with Crippen LogP contribution in [0.25, 0.3) is 0 Å². The normalized spacial score (nSPS) is 10.6. The molecule has 1 aromatic carbocycles. The second-order valence-electron chi connectivity index (χ2n) is 7.13. The molecule has 29 heavy (non-hydrogen) atoms. The fourth-order valence-corrected chi connectivity index (χ4v) is 2.92. The number of pyridine rings is 1. The fraction of sp³-hybridized carbons (Fsp3) is 0.500. The first-order valence-electron chi connectivity index (χ1n) is 10.8. The van der Waals surface area contributed by atoms with Gasteiger partial charge in [-0.25, -0.2) is 0 Å². The van der Waals surface area contributed by atoms with Crippen molar-refractivity contribution in [3.05, 3.63) is 53.9 Å². The van der Waals surface area contributed by atoms with Crippen LogP contribution in [0.4, 0.5) is 0 Å². The maximum absolute atomic E-state index is 12.6. The van der Waals surface area contributed by atoms with Gasteiger partial charge in [-0.05, 0) is 55.2 Å². The summed E-state index contributed by atoms with van der Waals surface area (Å²) in [5.74, 6) is 1.26. The number of ether oxygens (including phenoxy) is 2. The Balaban J connectivity index is 1.95. The second kappa shape index (κ2) is 13.6. The highest BCUT2D eigenvalue weighted by molar-refractivity contribution is 5.94. The summed E-state index contributed by atoms with van der Waals surface area (Å²) >= 11 is 0. The maximum atomic E-state index is 12.6. The molecule has 0 spiro atoms. The third kappa shape index (κ3) is 8.55. The minimum atomic E-state index is -0.102. The van der Waals surface area contributed by atoms with Crippen molar-refractivity contribution in [1.82, 2.24) is 10.3 Å². The van der Waals surface area contributed by atoms with Crippen LogP contribution in [0.2, 0.25) is 0 Å². The van der Waals surface area contributed by atoms with Gasteiger partial charge in [0.2, 0.25) is 0 Å². The number of benzene rings is 1. The molecule has 1 amide bonds. The van der Waals surface area contributed by atoms with Crippen LogP contribution in [-0.4, -0.2) is 30.6 Å². The highest BCUT2D eigenvalue weighted by Gasteiger charge is 2.12. The first kappa shape index (κ1) is 22.7. The van der Waals surface area contributed by atoms with Crippen molar-refractivity contribution in [2.75, 3.05) is 19.8 Å². The quantitative estimate of drug-likeness (QED) is 0.445. The van der Waals surface area contributed by atoms with Crippen LogP contribution in [0.3, 0.4) is 0 Å². The van der Waals surface area contributed by atoms with E-state index >= 15 is 0 Å². The van der Waals surface area contributed by atoms with Crippen LogP contribution in [-0.2, 0) is 6.42 Å². The van der Waals surface area contributed by atoms with Crippen molar-refractivity contribution in [2.45, 2.75) is 58.8 Å². The standard InChI is InChI=1S/C24H34N2O3/c1-3-5-7-17-28-22-10-9-21(19-23(22)29-18-8-6-4-2)24(27)26-16-13-20-11-14-25-15-12-20/h9-12,14-15,19H,3-8,13,16-18H2,1-2H3,(H,26,27). The Morgan fingerprint density at radius 2 is 1.55 bits per heavy atom. The Labute approximate surface area is 174 Å². The molecule has 1 heterocycles. The minimum Gasteiger partial charge on any atom is -0.490 e. The molecule has 0 bridgehead atoms. The number of carbonyl (C=O) groups is 1. The van der Waals surface area contributed by atoms with E-state index < -0.39 is 0 Å². The summed E-state index contributed by atoms with van der Waals surface area (Å²) in [5, 5.41) is 2.97. The van der Waals surface area contributed by atoms with Crippen LogP contribution < -0.4 is 14.8 Å². The van der Waals surface area contributed by atoms with E-state index in [2.05, 4.69) is 24.1 Å². The average Bonchev–Trinajstić information content (AvgIpc) is 2.75.